The van der Waals surface area contributed by atoms with E-state index in [1.165, 1.54) is 0 Å². The van der Waals surface area contributed by atoms with Crippen LogP contribution in [0.5, 0.6) is 0 Å². The van der Waals surface area contributed by atoms with Crippen LogP contribution in [0.4, 0.5) is 11.4 Å². The number of amides is 1. The van der Waals surface area contributed by atoms with Gasteiger partial charge in [-0.05, 0) is 54.8 Å². The number of carbonyl (C=O) groups is 1. The minimum atomic E-state index is -0.0566. The molecule has 0 spiro atoms. The highest BCUT2D eigenvalue weighted by Crippen LogP contribution is 2.36. The first kappa shape index (κ1) is 14.0. The fourth-order valence-corrected chi connectivity index (χ4v) is 3.08. The number of hydrogen-bond acceptors (Lipinski definition) is 2. The molecule has 0 fully saturated rings. The fourth-order valence-electron chi connectivity index (χ4n) is 2.88. The van der Waals surface area contributed by atoms with Gasteiger partial charge in [-0.1, -0.05) is 23.7 Å². The summed E-state index contributed by atoms with van der Waals surface area (Å²) in [6.07, 6.45) is 1.26. The minimum Gasteiger partial charge on any atom is -0.399 e. The first-order valence-corrected chi connectivity index (χ1v) is 7.40. The monoisotopic (exact) mass is 300 g/mol. The maximum atomic E-state index is 12.4. The van der Waals surface area contributed by atoms with Gasteiger partial charge in [0, 0.05) is 22.8 Å². The molecule has 0 aliphatic carbocycles. The Morgan fingerprint density at radius 3 is 2.76 bits per heavy atom. The number of benzene rings is 2. The van der Waals surface area contributed by atoms with Crippen molar-refractivity contribution in [2.24, 2.45) is 0 Å². The number of nitrogens with zero attached hydrogens (tertiary/aromatic N) is 1. The van der Waals surface area contributed by atoms with Crippen LogP contribution in [0.25, 0.3) is 0 Å². The molecule has 0 saturated heterocycles. The van der Waals surface area contributed by atoms with E-state index in [0.29, 0.717) is 11.4 Å². The molecule has 1 aliphatic heterocycles. The molecule has 3 nitrogen and oxygen atoms in total. The number of nitrogens with two attached hydrogens (primary N) is 1. The van der Waals surface area contributed by atoms with Crippen molar-refractivity contribution in [3.8, 4) is 0 Å². The van der Waals surface area contributed by atoms with Crippen LogP contribution in [0.1, 0.15) is 30.5 Å². The van der Waals surface area contributed by atoms with E-state index in [0.717, 1.165) is 28.9 Å². The lowest BCUT2D eigenvalue weighted by molar-refractivity contribution is -0.119. The SMILES string of the molecule is CC(c1cccc(Cl)c1)N1C(=O)CCc2cc(N)ccc21. The Morgan fingerprint density at radius 2 is 2.00 bits per heavy atom. The standard InChI is InChI=1S/C17H17ClN2O/c1-11(12-3-2-4-14(18)9-12)20-16-7-6-15(19)10-13(16)5-8-17(20)21/h2-4,6-7,9-11H,5,8,19H2,1H3. The quantitative estimate of drug-likeness (QED) is 0.853. The van der Waals surface area contributed by atoms with E-state index in [9.17, 15) is 4.79 Å². The third kappa shape index (κ3) is 2.61. The first-order valence-electron chi connectivity index (χ1n) is 7.02. The minimum absolute atomic E-state index is 0.0566. The molecule has 1 atom stereocenters. The molecule has 0 saturated carbocycles. The van der Waals surface area contributed by atoms with Crippen molar-refractivity contribution < 1.29 is 4.79 Å². The molecular formula is C17H17ClN2O. The summed E-state index contributed by atoms with van der Waals surface area (Å²) in [4.78, 5) is 14.3. The maximum Gasteiger partial charge on any atom is 0.227 e. The van der Waals surface area contributed by atoms with E-state index in [1.807, 2.05) is 54.3 Å². The van der Waals surface area contributed by atoms with E-state index >= 15 is 0 Å². The lowest BCUT2D eigenvalue weighted by Gasteiger charge is -2.34. The Bertz CT molecular complexity index is 699. The fraction of sp³-hybridized carbons (Fsp3) is 0.235. The lowest BCUT2D eigenvalue weighted by Crippen LogP contribution is -2.37. The summed E-state index contributed by atoms with van der Waals surface area (Å²) >= 11 is 6.07. The zero-order valence-electron chi connectivity index (χ0n) is 11.8. The van der Waals surface area contributed by atoms with Crippen LogP contribution in [0, 0.1) is 0 Å². The van der Waals surface area contributed by atoms with E-state index < -0.39 is 0 Å². The van der Waals surface area contributed by atoms with Crippen molar-refractivity contribution in [3.63, 3.8) is 0 Å². The summed E-state index contributed by atoms with van der Waals surface area (Å²) in [5, 5.41) is 0.682. The molecule has 0 aromatic heterocycles. The highest BCUT2D eigenvalue weighted by atomic mass is 35.5. The van der Waals surface area contributed by atoms with Gasteiger partial charge in [0.1, 0.15) is 0 Å². The Morgan fingerprint density at radius 1 is 1.19 bits per heavy atom. The summed E-state index contributed by atoms with van der Waals surface area (Å²) in [5.74, 6) is 0.139. The van der Waals surface area contributed by atoms with Crippen LogP contribution >= 0.6 is 11.6 Å². The Kier molecular flexibility index (Phi) is 3.60. The Balaban J connectivity index is 2.03. The average molecular weight is 301 g/mol. The molecule has 2 aromatic carbocycles. The van der Waals surface area contributed by atoms with Crippen molar-refractivity contribution in [1.29, 1.82) is 0 Å². The van der Waals surface area contributed by atoms with Crippen molar-refractivity contribution in [2.75, 3.05) is 10.6 Å². The molecule has 0 bridgehead atoms. The molecule has 0 radical (unpaired) electrons. The van der Waals surface area contributed by atoms with Gasteiger partial charge in [0.2, 0.25) is 5.91 Å². The number of aryl methyl sites for hydroxylation is 1. The second kappa shape index (κ2) is 5.41. The van der Waals surface area contributed by atoms with Gasteiger partial charge in [-0.3, -0.25) is 4.79 Å². The smallest absolute Gasteiger partial charge is 0.227 e. The molecule has 3 rings (SSSR count). The number of carbonyl (C=O) groups excluding carboxylic acids is 1. The maximum absolute atomic E-state index is 12.4. The summed E-state index contributed by atoms with van der Waals surface area (Å²) in [5.41, 5.74) is 9.69. The van der Waals surface area contributed by atoms with Crippen LogP contribution in [0.3, 0.4) is 0 Å². The predicted octanol–water partition coefficient (Wildman–Crippen LogP) is 3.96. The molecule has 21 heavy (non-hydrogen) atoms. The zero-order chi connectivity index (χ0) is 15.0. The van der Waals surface area contributed by atoms with Gasteiger partial charge >= 0.3 is 0 Å². The van der Waals surface area contributed by atoms with E-state index in [1.54, 1.807) is 0 Å². The Labute approximate surface area is 129 Å². The first-order chi connectivity index (χ1) is 10.1. The number of anilines is 2. The number of rotatable bonds is 2. The number of halogens is 1. The highest BCUT2D eigenvalue weighted by Gasteiger charge is 2.29. The topological polar surface area (TPSA) is 46.3 Å². The van der Waals surface area contributed by atoms with Crippen LogP contribution in [-0.4, -0.2) is 5.91 Å². The van der Waals surface area contributed by atoms with E-state index in [2.05, 4.69) is 0 Å². The van der Waals surface area contributed by atoms with Crippen LogP contribution in [-0.2, 0) is 11.2 Å². The number of nitrogen functional groups attached to an aromatic ring is 1. The van der Waals surface area contributed by atoms with Crippen molar-refractivity contribution in [2.45, 2.75) is 25.8 Å². The van der Waals surface area contributed by atoms with Gasteiger partial charge in [0.15, 0.2) is 0 Å². The number of fused-ring (bicyclic) bond motifs is 1. The van der Waals surface area contributed by atoms with Gasteiger partial charge in [-0.15, -0.1) is 0 Å². The lowest BCUT2D eigenvalue weighted by atomic mass is 9.97. The summed E-state index contributed by atoms with van der Waals surface area (Å²) in [6, 6.07) is 13.3. The summed E-state index contributed by atoms with van der Waals surface area (Å²) < 4.78 is 0. The van der Waals surface area contributed by atoms with Crippen LogP contribution < -0.4 is 10.6 Å². The van der Waals surface area contributed by atoms with Gasteiger partial charge < -0.3 is 10.6 Å². The Hall–Kier alpha value is -2.00. The van der Waals surface area contributed by atoms with Gasteiger partial charge in [-0.25, -0.2) is 0 Å². The molecule has 2 N–H and O–H groups in total. The van der Waals surface area contributed by atoms with Crippen LogP contribution in [0.15, 0.2) is 42.5 Å². The predicted molar refractivity (Wildman–Crippen MR) is 86.5 cm³/mol. The van der Waals surface area contributed by atoms with Crippen molar-refractivity contribution in [3.05, 3.63) is 58.6 Å². The summed E-state index contributed by atoms with van der Waals surface area (Å²) in [6.45, 7) is 2.02. The zero-order valence-corrected chi connectivity index (χ0v) is 12.6. The van der Waals surface area contributed by atoms with Gasteiger partial charge in [-0.2, -0.15) is 0 Å². The normalized spacial score (nSPS) is 15.7. The average Bonchev–Trinajstić information content (AvgIpc) is 2.47. The molecule has 1 aliphatic rings. The van der Waals surface area contributed by atoms with E-state index in [-0.39, 0.29) is 11.9 Å². The largest absolute Gasteiger partial charge is 0.399 e. The molecule has 108 valence electrons. The third-order valence-corrected chi connectivity index (χ3v) is 4.19. The molecule has 1 heterocycles. The van der Waals surface area contributed by atoms with Gasteiger partial charge in [0.25, 0.3) is 0 Å². The molecule has 1 amide bonds. The molecule has 1 unspecified atom stereocenters. The molecule has 4 heteroatoms. The third-order valence-electron chi connectivity index (χ3n) is 3.96. The van der Waals surface area contributed by atoms with Crippen molar-refractivity contribution >= 4 is 28.9 Å². The molecular weight excluding hydrogens is 284 g/mol. The van der Waals surface area contributed by atoms with Gasteiger partial charge in [0.05, 0.1) is 6.04 Å². The second-order valence-electron chi connectivity index (χ2n) is 5.38. The molecule has 2 aromatic rings. The van der Waals surface area contributed by atoms with Crippen LogP contribution in [0.2, 0.25) is 5.02 Å². The number of hydrogen-bond donors (Lipinski definition) is 1. The summed E-state index contributed by atoms with van der Waals surface area (Å²) in [7, 11) is 0. The second-order valence-corrected chi connectivity index (χ2v) is 5.82. The highest BCUT2D eigenvalue weighted by molar-refractivity contribution is 6.30. The van der Waals surface area contributed by atoms with Crippen molar-refractivity contribution in [1.82, 2.24) is 0 Å². The van der Waals surface area contributed by atoms with E-state index in [4.69, 9.17) is 17.3 Å².